The molecule has 0 heterocycles. The molecule has 4 aromatic rings. The molecule has 0 unspecified atom stereocenters. The number of ketones is 1. The van der Waals surface area contributed by atoms with Crippen molar-refractivity contribution in [2.75, 3.05) is 0 Å². The van der Waals surface area contributed by atoms with Gasteiger partial charge in [-0.2, -0.15) is 0 Å². The van der Waals surface area contributed by atoms with E-state index >= 15 is 0 Å². The molecule has 33 heavy (non-hydrogen) atoms. The lowest BCUT2D eigenvalue weighted by molar-refractivity contribution is 0.0933. The van der Waals surface area contributed by atoms with Gasteiger partial charge in [0.25, 0.3) is 0 Å². The average molecular weight is 435 g/mol. The van der Waals surface area contributed by atoms with Crippen molar-refractivity contribution in [1.29, 1.82) is 0 Å². The lowest BCUT2D eigenvalue weighted by atomic mass is 9.59. The smallest absolute Gasteiger partial charge is 0.182 e. The van der Waals surface area contributed by atoms with Crippen LogP contribution in [0.3, 0.4) is 0 Å². The Labute approximate surface area is 194 Å². The van der Waals surface area contributed by atoms with Gasteiger partial charge in [-0.25, -0.2) is 0 Å². The molecule has 0 saturated heterocycles. The van der Waals surface area contributed by atoms with Crippen LogP contribution in [-0.2, 0) is 5.41 Å². The SMILES string of the molecule is Cc1ccc2c(c1)-c1cc(C)ccc1C(c1ccc(O)c(C)c1)(c1ccc(O)c(C)c1)C2=O. The van der Waals surface area contributed by atoms with Crippen molar-refractivity contribution in [2.45, 2.75) is 33.1 Å². The van der Waals surface area contributed by atoms with Crippen molar-refractivity contribution < 1.29 is 15.0 Å². The van der Waals surface area contributed by atoms with Crippen LogP contribution in [-0.4, -0.2) is 16.0 Å². The fourth-order valence-corrected chi connectivity index (χ4v) is 5.13. The molecule has 0 spiro atoms. The Balaban J connectivity index is 1.97. The molecule has 0 bridgehead atoms. The first-order valence-corrected chi connectivity index (χ1v) is 11.1. The summed E-state index contributed by atoms with van der Waals surface area (Å²) in [6.45, 7) is 7.78. The minimum atomic E-state index is -1.11. The monoisotopic (exact) mass is 434 g/mol. The van der Waals surface area contributed by atoms with Crippen LogP contribution >= 0.6 is 0 Å². The van der Waals surface area contributed by atoms with E-state index < -0.39 is 5.41 Å². The average Bonchev–Trinajstić information content (AvgIpc) is 2.79. The Bertz CT molecular complexity index is 1390. The number of aryl methyl sites for hydroxylation is 4. The predicted octanol–water partition coefficient (Wildman–Crippen LogP) is 6.53. The topological polar surface area (TPSA) is 57.5 Å². The molecule has 2 N–H and O–H groups in total. The van der Waals surface area contributed by atoms with Crippen LogP contribution in [0.2, 0.25) is 0 Å². The fourth-order valence-electron chi connectivity index (χ4n) is 5.13. The number of aromatic hydroxyl groups is 2. The molecule has 1 aliphatic carbocycles. The van der Waals surface area contributed by atoms with Crippen molar-refractivity contribution in [3.05, 3.63) is 117 Å². The maximum Gasteiger partial charge on any atom is 0.182 e. The third-order valence-corrected chi connectivity index (χ3v) is 6.89. The van der Waals surface area contributed by atoms with Gasteiger partial charge in [-0.1, -0.05) is 71.8 Å². The molecule has 0 aliphatic heterocycles. The van der Waals surface area contributed by atoms with Gasteiger partial charge in [0.15, 0.2) is 5.78 Å². The Hall–Kier alpha value is -3.85. The van der Waals surface area contributed by atoms with Gasteiger partial charge in [0, 0.05) is 5.56 Å². The summed E-state index contributed by atoms with van der Waals surface area (Å²) >= 11 is 0. The quantitative estimate of drug-likeness (QED) is 0.377. The summed E-state index contributed by atoms with van der Waals surface area (Å²) in [5.41, 5.74) is 7.68. The number of benzene rings is 4. The minimum absolute atomic E-state index is 0.0102. The Morgan fingerprint density at radius 2 is 1.09 bits per heavy atom. The molecule has 1 aliphatic rings. The first-order chi connectivity index (χ1) is 15.7. The summed E-state index contributed by atoms with van der Waals surface area (Å²) in [6, 6.07) is 23.0. The van der Waals surface area contributed by atoms with Gasteiger partial charge in [-0.05, 0) is 78.8 Å². The third kappa shape index (κ3) is 3.00. The van der Waals surface area contributed by atoms with E-state index in [1.165, 1.54) is 0 Å². The summed E-state index contributed by atoms with van der Waals surface area (Å²) in [4.78, 5) is 14.6. The molecule has 164 valence electrons. The van der Waals surface area contributed by atoms with Gasteiger partial charge in [-0.3, -0.25) is 4.79 Å². The molecule has 5 rings (SSSR count). The zero-order chi connectivity index (χ0) is 23.5. The predicted molar refractivity (Wildman–Crippen MR) is 131 cm³/mol. The Morgan fingerprint density at radius 3 is 1.64 bits per heavy atom. The number of phenolic OH excluding ortho intramolecular Hbond substituents is 2. The van der Waals surface area contributed by atoms with Crippen molar-refractivity contribution in [3.8, 4) is 22.6 Å². The van der Waals surface area contributed by atoms with E-state index in [9.17, 15) is 15.0 Å². The number of fused-ring (bicyclic) bond motifs is 3. The van der Waals surface area contributed by atoms with Crippen LogP contribution in [0.15, 0.2) is 72.8 Å². The molecule has 0 radical (unpaired) electrons. The van der Waals surface area contributed by atoms with E-state index in [1.54, 1.807) is 12.1 Å². The molecular formula is C30H26O3. The van der Waals surface area contributed by atoms with Crippen molar-refractivity contribution >= 4 is 5.78 Å². The Kier molecular flexibility index (Phi) is 4.68. The van der Waals surface area contributed by atoms with Crippen LogP contribution in [0.1, 0.15) is 49.3 Å². The Morgan fingerprint density at radius 1 is 0.576 bits per heavy atom. The lowest BCUT2D eigenvalue weighted by Gasteiger charge is -2.40. The van der Waals surface area contributed by atoms with Gasteiger partial charge in [0.05, 0.1) is 0 Å². The van der Waals surface area contributed by atoms with Gasteiger partial charge >= 0.3 is 0 Å². The van der Waals surface area contributed by atoms with E-state index in [2.05, 4.69) is 25.1 Å². The van der Waals surface area contributed by atoms with Crippen molar-refractivity contribution in [3.63, 3.8) is 0 Å². The first-order valence-electron chi connectivity index (χ1n) is 11.1. The fraction of sp³-hybridized carbons (Fsp3) is 0.167. The van der Waals surface area contributed by atoms with Gasteiger partial charge in [0.2, 0.25) is 0 Å². The number of rotatable bonds is 2. The second-order valence-electron chi connectivity index (χ2n) is 9.18. The molecule has 4 aromatic carbocycles. The highest BCUT2D eigenvalue weighted by Crippen LogP contribution is 2.51. The maximum atomic E-state index is 14.6. The highest BCUT2D eigenvalue weighted by atomic mass is 16.3. The van der Waals surface area contributed by atoms with Gasteiger partial charge in [-0.15, -0.1) is 0 Å². The summed E-state index contributed by atoms with van der Waals surface area (Å²) in [5.74, 6) is 0.377. The molecule has 0 atom stereocenters. The molecule has 0 aromatic heterocycles. The molecule has 3 heteroatoms. The third-order valence-electron chi connectivity index (χ3n) is 6.89. The van der Waals surface area contributed by atoms with Crippen LogP contribution < -0.4 is 0 Å². The van der Waals surface area contributed by atoms with Gasteiger partial charge in [0.1, 0.15) is 16.9 Å². The summed E-state index contributed by atoms with van der Waals surface area (Å²) < 4.78 is 0. The number of phenols is 2. The maximum absolute atomic E-state index is 14.6. The second kappa shape index (κ2) is 7.35. The number of Topliss-reactive ketones (excluding diaryl/α,β-unsaturated/α-hetero) is 1. The normalized spacial score (nSPS) is 14.0. The van der Waals surface area contributed by atoms with E-state index in [4.69, 9.17) is 0 Å². The number of hydrogen-bond donors (Lipinski definition) is 2. The zero-order valence-electron chi connectivity index (χ0n) is 19.2. The largest absolute Gasteiger partial charge is 0.508 e. The van der Waals surface area contributed by atoms with Crippen molar-refractivity contribution in [2.24, 2.45) is 0 Å². The van der Waals surface area contributed by atoms with Crippen molar-refractivity contribution in [1.82, 2.24) is 0 Å². The van der Waals surface area contributed by atoms with E-state index in [1.807, 2.05) is 63.2 Å². The summed E-state index contributed by atoms with van der Waals surface area (Å²) in [6.07, 6.45) is 0. The summed E-state index contributed by atoms with van der Waals surface area (Å²) in [7, 11) is 0. The number of carbonyl (C=O) groups excluding carboxylic acids is 1. The van der Waals surface area contributed by atoms with E-state index in [-0.39, 0.29) is 17.3 Å². The zero-order valence-corrected chi connectivity index (χ0v) is 19.2. The first kappa shape index (κ1) is 21.0. The number of hydrogen-bond acceptors (Lipinski definition) is 3. The van der Waals surface area contributed by atoms with E-state index in [0.717, 1.165) is 38.9 Å². The molecular weight excluding hydrogens is 408 g/mol. The molecule has 0 amide bonds. The highest BCUT2D eigenvalue weighted by molar-refractivity contribution is 6.17. The van der Waals surface area contributed by atoms with Crippen LogP contribution in [0.25, 0.3) is 11.1 Å². The van der Waals surface area contributed by atoms with E-state index in [0.29, 0.717) is 16.7 Å². The standard InChI is InChI=1S/C30H26O3/c1-17-5-9-23-24(13-17)25-14-18(2)6-10-26(25)30(29(23)33,21-7-11-27(31)19(3)15-21)22-8-12-28(32)20(4)16-22/h5-16,31-32H,1-4H3. The van der Waals surface area contributed by atoms with Crippen LogP contribution in [0.5, 0.6) is 11.5 Å². The second-order valence-corrected chi connectivity index (χ2v) is 9.18. The van der Waals surface area contributed by atoms with Gasteiger partial charge < -0.3 is 10.2 Å². The lowest BCUT2D eigenvalue weighted by Crippen LogP contribution is -2.41. The minimum Gasteiger partial charge on any atom is -0.508 e. The number of carbonyl (C=O) groups is 1. The van der Waals surface area contributed by atoms with Crippen LogP contribution in [0.4, 0.5) is 0 Å². The molecule has 3 nitrogen and oxygen atoms in total. The molecule has 0 fully saturated rings. The summed E-state index contributed by atoms with van der Waals surface area (Å²) in [5, 5.41) is 20.5. The molecule has 0 saturated carbocycles. The highest BCUT2D eigenvalue weighted by Gasteiger charge is 2.49. The van der Waals surface area contributed by atoms with Crippen LogP contribution in [0, 0.1) is 27.7 Å².